The van der Waals surface area contributed by atoms with Crippen LogP contribution in [0.2, 0.25) is 0 Å². The van der Waals surface area contributed by atoms with E-state index in [9.17, 15) is 0 Å². The predicted octanol–water partition coefficient (Wildman–Crippen LogP) is 2.64. The molecule has 0 unspecified atom stereocenters. The number of nitrogens with one attached hydrogen (secondary N) is 1. The first-order valence-electron chi connectivity index (χ1n) is 6.81. The monoisotopic (exact) mass is 248 g/mol. The Kier molecular flexibility index (Phi) is 3.91. The summed E-state index contributed by atoms with van der Waals surface area (Å²) in [7, 11) is 1.74. The average molecular weight is 248 g/mol. The third-order valence-electron chi connectivity index (χ3n) is 4.00. The minimum absolute atomic E-state index is 0.452. The number of hydrogen-bond acceptors (Lipinski definition) is 3. The SMILES string of the molecule is CCNCC1(Cc2ncc(C)c(OC)c2C)CC1. The molecule has 1 aliphatic rings. The second kappa shape index (κ2) is 5.27. The molecule has 3 heteroatoms. The molecular formula is C15H24N2O. The molecule has 0 aromatic carbocycles. The van der Waals surface area contributed by atoms with Gasteiger partial charge in [-0.05, 0) is 45.1 Å². The Morgan fingerprint density at radius 2 is 2.11 bits per heavy atom. The zero-order valence-corrected chi connectivity index (χ0v) is 12.0. The zero-order chi connectivity index (χ0) is 13.2. The molecule has 1 heterocycles. The lowest BCUT2D eigenvalue weighted by Crippen LogP contribution is -2.25. The molecule has 18 heavy (non-hydrogen) atoms. The maximum atomic E-state index is 5.48. The van der Waals surface area contributed by atoms with Crippen LogP contribution >= 0.6 is 0 Å². The van der Waals surface area contributed by atoms with E-state index in [2.05, 4.69) is 24.1 Å². The van der Waals surface area contributed by atoms with Gasteiger partial charge in [0.15, 0.2) is 0 Å². The first kappa shape index (κ1) is 13.3. The highest BCUT2D eigenvalue weighted by Gasteiger charge is 2.42. The van der Waals surface area contributed by atoms with E-state index in [-0.39, 0.29) is 0 Å². The standard InChI is InChI=1S/C15H24N2O/c1-5-16-10-15(6-7-15)8-13-12(3)14(18-4)11(2)9-17-13/h9,16H,5-8,10H2,1-4H3. The predicted molar refractivity (Wildman–Crippen MR) is 74.2 cm³/mol. The van der Waals surface area contributed by atoms with E-state index >= 15 is 0 Å². The lowest BCUT2D eigenvalue weighted by atomic mass is 9.96. The third kappa shape index (κ3) is 2.66. The Morgan fingerprint density at radius 3 is 2.67 bits per heavy atom. The summed E-state index contributed by atoms with van der Waals surface area (Å²) in [6, 6.07) is 0. The van der Waals surface area contributed by atoms with E-state index in [0.717, 1.165) is 30.8 Å². The quantitative estimate of drug-likeness (QED) is 0.840. The van der Waals surface area contributed by atoms with Crippen molar-refractivity contribution in [2.24, 2.45) is 5.41 Å². The van der Waals surface area contributed by atoms with Crippen molar-refractivity contribution in [3.8, 4) is 5.75 Å². The Morgan fingerprint density at radius 1 is 1.39 bits per heavy atom. The van der Waals surface area contributed by atoms with Gasteiger partial charge >= 0.3 is 0 Å². The molecule has 1 aromatic rings. The van der Waals surface area contributed by atoms with Crippen LogP contribution in [0.15, 0.2) is 6.20 Å². The number of ether oxygens (including phenoxy) is 1. The van der Waals surface area contributed by atoms with Crippen molar-refractivity contribution in [1.29, 1.82) is 0 Å². The fourth-order valence-electron chi connectivity index (χ4n) is 2.59. The molecule has 1 aromatic heterocycles. The number of aromatic nitrogens is 1. The van der Waals surface area contributed by atoms with Crippen molar-refractivity contribution in [3.05, 3.63) is 23.0 Å². The van der Waals surface area contributed by atoms with Crippen LogP contribution < -0.4 is 10.1 Å². The Labute approximate surface area is 110 Å². The van der Waals surface area contributed by atoms with Crippen molar-refractivity contribution in [2.75, 3.05) is 20.2 Å². The van der Waals surface area contributed by atoms with Crippen LogP contribution in [0.25, 0.3) is 0 Å². The molecule has 1 fully saturated rings. The van der Waals surface area contributed by atoms with Crippen LogP contribution in [0.1, 0.15) is 36.6 Å². The molecule has 0 saturated heterocycles. The molecule has 1 aliphatic carbocycles. The van der Waals surface area contributed by atoms with Crippen LogP contribution in [-0.2, 0) is 6.42 Å². The molecule has 2 rings (SSSR count). The summed E-state index contributed by atoms with van der Waals surface area (Å²) in [6.07, 6.45) is 5.64. The van der Waals surface area contributed by atoms with Gasteiger partial charge in [-0.25, -0.2) is 0 Å². The number of aryl methyl sites for hydroxylation is 1. The van der Waals surface area contributed by atoms with Crippen LogP contribution in [0.4, 0.5) is 0 Å². The van der Waals surface area contributed by atoms with Gasteiger partial charge in [0, 0.05) is 29.6 Å². The number of pyridine rings is 1. The summed E-state index contributed by atoms with van der Waals surface area (Å²) in [4.78, 5) is 4.61. The van der Waals surface area contributed by atoms with Crippen molar-refractivity contribution < 1.29 is 4.74 Å². The van der Waals surface area contributed by atoms with E-state index in [0.29, 0.717) is 5.41 Å². The number of nitrogens with zero attached hydrogens (tertiary/aromatic N) is 1. The van der Waals surface area contributed by atoms with Crippen LogP contribution in [0.5, 0.6) is 5.75 Å². The fourth-order valence-corrected chi connectivity index (χ4v) is 2.59. The minimum Gasteiger partial charge on any atom is -0.496 e. The lowest BCUT2D eigenvalue weighted by molar-refractivity contribution is 0.404. The van der Waals surface area contributed by atoms with E-state index in [4.69, 9.17) is 4.74 Å². The largest absolute Gasteiger partial charge is 0.496 e. The summed E-state index contributed by atoms with van der Waals surface area (Å²) >= 11 is 0. The first-order valence-corrected chi connectivity index (χ1v) is 6.81. The van der Waals surface area contributed by atoms with E-state index in [1.807, 2.05) is 13.1 Å². The minimum atomic E-state index is 0.452. The molecule has 0 atom stereocenters. The van der Waals surface area contributed by atoms with Gasteiger partial charge in [0.05, 0.1) is 7.11 Å². The maximum Gasteiger partial charge on any atom is 0.128 e. The number of rotatable bonds is 6. The highest BCUT2D eigenvalue weighted by atomic mass is 16.5. The van der Waals surface area contributed by atoms with Crippen molar-refractivity contribution >= 4 is 0 Å². The van der Waals surface area contributed by atoms with Crippen LogP contribution in [-0.4, -0.2) is 25.2 Å². The summed E-state index contributed by atoms with van der Waals surface area (Å²) < 4.78 is 5.48. The summed E-state index contributed by atoms with van der Waals surface area (Å²) in [5.74, 6) is 0.999. The van der Waals surface area contributed by atoms with E-state index in [1.54, 1.807) is 7.11 Å². The summed E-state index contributed by atoms with van der Waals surface area (Å²) in [6.45, 7) is 8.49. The number of methoxy groups -OCH3 is 1. The molecule has 0 amide bonds. The lowest BCUT2D eigenvalue weighted by Gasteiger charge is -2.18. The highest BCUT2D eigenvalue weighted by Crippen LogP contribution is 2.48. The zero-order valence-electron chi connectivity index (χ0n) is 12.0. The Balaban J connectivity index is 2.15. The second-order valence-electron chi connectivity index (χ2n) is 5.50. The Hall–Kier alpha value is -1.09. The molecule has 100 valence electrons. The molecule has 0 radical (unpaired) electrons. The molecule has 1 N–H and O–H groups in total. The molecule has 0 spiro atoms. The number of hydrogen-bond donors (Lipinski definition) is 1. The van der Waals surface area contributed by atoms with Gasteiger partial charge in [-0.2, -0.15) is 0 Å². The van der Waals surface area contributed by atoms with Gasteiger partial charge in [-0.15, -0.1) is 0 Å². The normalized spacial score (nSPS) is 16.7. The second-order valence-corrected chi connectivity index (χ2v) is 5.50. The van der Waals surface area contributed by atoms with Crippen molar-refractivity contribution in [1.82, 2.24) is 10.3 Å². The van der Waals surface area contributed by atoms with Gasteiger partial charge in [-0.1, -0.05) is 6.92 Å². The van der Waals surface area contributed by atoms with Gasteiger partial charge in [0.2, 0.25) is 0 Å². The van der Waals surface area contributed by atoms with Gasteiger partial charge in [-0.3, -0.25) is 4.98 Å². The molecule has 1 saturated carbocycles. The summed E-state index contributed by atoms with van der Waals surface area (Å²) in [5, 5.41) is 3.47. The molecule has 0 aliphatic heterocycles. The van der Waals surface area contributed by atoms with Gasteiger partial charge in [0.1, 0.15) is 5.75 Å². The molecule has 0 bridgehead atoms. The third-order valence-corrected chi connectivity index (χ3v) is 4.00. The van der Waals surface area contributed by atoms with Crippen molar-refractivity contribution in [3.63, 3.8) is 0 Å². The highest BCUT2D eigenvalue weighted by molar-refractivity contribution is 5.41. The smallest absolute Gasteiger partial charge is 0.128 e. The van der Waals surface area contributed by atoms with Gasteiger partial charge < -0.3 is 10.1 Å². The van der Waals surface area contributed by atoms with Gasteiger partial charge in [0.25, 0.3) is 0 Å². The first-order chi connectivity index (χ1) is 8.62. The van der Waals surface area contributed by atoms with Crippen LogP contribution in [0, 0.1) is 19.3 Å². The summed E-state index contributed by atoms with van der Waals surface area (Å²) in [5.41, 5.74) is 3.98. The average Bonchev–Trinajstić information content (AvgIpc) is 3.12. The molecular weight excluding hydrogens is 224 g/mol. The maximum absolute atomic E-state index is 5.48. The van der Waals surface area contributed by atoms with Crippen LogP contribution in [0.3, 0.4) is 0 Å². The topological polar surface area (TPSA) is 34.2 Å². The Bertz CT molecular complexity index is 425. The van der Waals surface area contributed by atoms with E-state index in [1.165, 1.54) is 24.1 Å². The molecule has 3 nitrogen and oxygen atoms in total. The van der Waals surface area contributed by atoms with E-state index < -0.39 is 0 Å². The van der Waals surface area contributed by atoms with Crippen molar-refractivity contribution in [2.45, 2.75) is 40.0 Å². The fraction of sp³-hybridized carbons (Fsp3) is 0.667.